The number of likely N-dealkylation sites (tertiary alicyclic amines) is 1. The van der Waals surface area contributed by atoms with Gasteiger partial charge in [-0.3, -0.25) is 9.10 Å². The summed E-state index contributed by atoms with van der Waals surface area (Å²) in [6.07, 6.45) is 2.07. The van der Waals surface area contributed by atoms with Gasteiger partial charge in [0.15, 0.2) is 0 Å². The Balaban J connectivity index is 1.79. The van der Waals surface area contributed by atoms with Crippen molar-refractivity contribution in [3.05, 3.63) is 95.6 Å². The van der Waals surface area contributed by atoms with Crippen LogP contribution in [0, 0.1) is 12.8 Å². The molecule has 0 aromatic heterocycles. The highest BCUT2D eigenvalue weighted by atomic mass is 32.2. The van der Waals surface area contributed by atoms with Crippen LogP contribution >= 0.6 is 0 Å². The smallest absolute Gasteiger partial charge is 0.264 e. The van der Waals surface area contributed by atoms with Crippen molar-refractivity contribution in [1.82, 2.24) is 4.90 Å². The Bertz CT molecular complexity index is 1210. The fourth-order valence-electron chi connectivity index (χ4n) is 4.30. The molecule has 0 aliphatic carbocycles. The Morgan fingerprint density at radius 3 is 2.33 bits per heavy atom. The van der Waals surface area contributed by atoms with Gasteiger partial charge in [-0.15, -0.1) is 0 Å². The number of piperidine rings is 1. The molecular weight excluding hydrogens is 432 g/mol. The van der Waals surface area contributed by atoms with Crippen LogP contribution in [-0.2, 0) is 16.6 Å². The standard InChI is InChI=1S/C27H30N2O3S/c1-21-14-16-24(17-15-21)33(31,32)29(20-23-10-4-3-5-11-23)26-13-7-6-12-25(26)27(30)28-18-8-9-22(2)19-28/h3-7,10-17,22H,8-9,18-20H2,1-2H3/t22-/m0/s1. The lowest BCUT2D eigenvalue weighted by molar-refractivity contribution is 0.0684. The van der Waals surface area contributed by atoms with E-state index in [0.29, 0.717) is 30.3 Å². The Morgan fingerprint density at radius 1 is 0.970 bits per heavy atom. The number of anilines is 1. The van der Waals surface area contributed by atoms with Gasteiger partial charge in [-0.05, 0) is 55.5 Å². The van der Waals surface area contributed by atoms with E-state index in [1.54, 1.807) is 48.5 Å². The summed E-state index contributed by atoms with van der Waals surface area (Å²) < 4.78 is 29.1. The van der Waals surface area contributed by atoms with Crippen LogP contribution in [0.15, 0.2) is 83.8 Å². The first-order valence-corrected chi connectivity index (χ1v) is 12.8. The predicted molar refractivity (Wildman–Crippen MR) is 132 cm³/mol. The first-order chi connectivity index (χ1) is 15.9. The minimum atomic E-state index is -3.90. The third kappa shape index (κ3) is 5.11. The molecule has 0 bridgehead atoms. The van der Waals surface area contributed by atoms with Gasteiger partial charge in [-0.2, -0.15) is 0 Å². The average Bonchev–Trinajstić information content (AvgIpc) is 2.83. The first-order valence-electron chi connectivity index (χ1n) is 11.4. The number of benzene rings is 3. The van der Waals surface area contributed by atoms with E-state index in [-0.39, 0.29) is 17.3 Å². The molecule has 1 heterocycles. The average molecular weight is 463 g/mol. The second kappa shape index (κ2) is 9.79. The van der Waals surface area contributed by atoms with E-state index in [0.717, 1.165) is 24.0 Å². The number of carbonyl (C=O) groups excluding carboxylic acids is 1. The molecule has 0 spiro atoms. The highest BCUT2D eigenvalue weighted by Crippen LogP contribution is 2.31. The SMILES string of the molecule is Cc1ccc(S(=O)(=O)N(Cc2ccccc2)c2ccccc2C(=O)N2CCC[C@H](C)C2)cc1. The number of carbonyl (C=O) groups is 1. The van der Waals surface area contributed by atoms with E-state index in [9.17, 15) is 13.2 Å². The van der Waals surface area contributed by atoms with Crippen molar-refractivity contribution in [2.24, 2.45) is 5.92 Å². The van der Waals surface area contributed by atoms with Crippen molar-refractivity contribution in [2.45, 2.75) is 38.1 Å². The highest BCUT2D eigenvalue weighted by Gasteiger charge is 2.31. The van der Waals surface area contributed by atoms with Crippen LogP contribution < -0.4 is 4.31 Å². The molecule has 1 atom stereocenters. The molecule has 1 amide bonds. The molecule has 0 unspecified atom stereocenters. The van der Waals surface area contributed by atoms with Gasteiger partial charge in [0, 0.05) is 13.1 Å². The number of hydrogen-bond acceptors (Lipinski definition) is 3. The lowest BCUT2D eigenvalue weighted by atomic mass is 9.99. The van der Waals surface area contributed by atoms with Gasteiger partial charge in [0.25, 0.3) is 15.9 Å². The van der Waals surface area contributed by atoms with E-state index in [1.165, 1.54) is 4.31 Å². The van der Waals surface area contributed by atoms with Crippen LogP contribution in [0.3, 0.4) is 0 Å². The summed E-state index contributed by atoms with van der Waals surface area (Å²) in [5.41, 5.74) is 2.66. The third-order valence-corrected chi connectivity index (χ3v) is 7.90. The summed E-state index contributed by atoms with van der Waals surface area (Å²) >= 11 is 0. The largest absolute Gasteiger partial charge is 0.338 e. The molecule has 5 nitrogen and oxygen atoms in total. The number of nitrogens with zero attached hydrogens (tertiary/aromatic N) is 2. The molecule has 1 aliphatic heterocycles. The van der Waals surface area contributed by atoms with Gasteiger partial charge in [0.1, 0.15) is 0 Å². The number of rotatable bonds is 6. The van der Waals surface area contributed by atoms with Crippen molar-refractivity contribution in [1.29, 1.82) is 0 Å². The van der Waals surface area contributed by atoms with E-state index >= 15 is 0 Å². The monoisotopic (exact) mass is 462 g/mol. The summed E-state index contributed by atoms with van der Waals surface area (Å²) in [6, 6.07) is 23.3. The summed E-state index contributed by atoms with van der Waals surface area (Å²) in [5.74, 6) is 0.320. The van der Waals surface area contributed by atoms with Crippen molar-refractivity contribution >= 4 is 21.6 Å². The number of amides is 1. The van der Waals surface area contributed by atoms with Crippen LogP contribution in [0.4, 0.5) is 5.69 Å². The zero-order valence-electron chi connectivity index (χ0n) is 19.1. The molecule has 0 saturated carbocycles. The number of hydrogen-bond donors (Lipinski definition) is 0. The normalized spacial score (nSPS) is 16.4. The Labute approximate surface area is 196 Å². The Hall–Kier alpha value is -3.12. The molecule has 0 radical (unpaired) electrons. The van der Waals surface area contributed by atoms with Crippen LogP contribution in [0.2, 0.25) is 0 Å². The maximum Gasteiger partial charge on any atom is 0.264 e. The Kier molecular flexibility index (Phi) is 6.84. The molecule has 1 saturated heterocycles. The molecule has 1 fully saturated rings. The molecule has 3 aromatic rings. The van der Waals surface area contributed by atoms with Gasteiger partial charge in [-0.1, -0.05) is 67.1 Å². The van der Waals surface area contributed by atoms with E-state index < -0.39 is 10.0 Å². The van der Waals surface area contributed by atoms with Crippen molar-refractivity contribution < 1.29 is 13.2 Å². The molecule has 6 heteroatoms. The van der Waals surface area contributed by atoms with Gasteiger partial charge in [0.05, 0.1) is 22.7 Å². The second-order valence-corrected chi connectivity index (χ2v) is 10.7. The van der Waals surface area contributed by atoms with Crippen LogP contribution in [0.5, 0.6) is 0 Å². The molecule has 1 aliphatic rings. The second-order valence-electron chi connectivity index (χ2n) is 8.83. The zero-order chi connectivity index (χ0) is 23.4. The number of aryl methyl sites for hydroxylation is 1. The summed E-state index contributed by atoms with van der Waals surface area (Å²) in [6.45, 7) is 5.59. The minimum Gasteiger partial charge on any atom is -0.338 e. The predicted octanol–water partition coefficient (Wildman–Crippen LogP) is 5.26. The number of para-hydroxylation sites is 1. The van der Waals surface area contributed by atoms with E-state index in [4.69, 9.17) is 0 Å². The zero-order valence-corrected chi connectivity index (χ0v) is 20.0. The minimum absolute atomic E-state index is 0.116. The molecule has 3 aromatic carbocycles. The van der Waals surface area contributed by atoms with E-state index in [2.05, 4.69) is 6.92 Å². The first kappa shape index (κ1) is 23.1. The molecule has 0 N–H and O–H groups in total. The molecular formula is C27H30N2O3S. The van der Waals surface area contributed by atoms with E-state index in [1.807, 2.05) is 42.2 Å². The summed E-state index contributed by atoms with van der Waals surface area (Å²) in [7, 11) is -3.90. The lowest BCUT2D eigenvalue weighted by Crippen LogP contribution is -2.40. The fraction of sp³-hybridized carbons (Fsp3) is 0.296. The van der Waals surface area contributed by atoms with Gasteiger partial charge in [0.2, 0.25) is 0 Å². The van der Waals surface area contributed by atoms with Gasteiger partial charge < -0.3 is 4.90 Å². The molecule has 4 rings (SSSR count). The fourth-order valence-corrected chi connectivity index (χ4v) is 5.77. The summed E-state index contributed by atoms with van der Waals surface area (Å²) in [5, 5.41) is 0. The van der Waals surface area contributed by atoms with Gasteiger partial charge >= 0.3 is 0 Å². The van der Waals surface area contributed by atoms with Crippen molar-refractivity contribution in [3.63, 3.8) is 0 Å². The van der Waals surface area contributed by atoms with Crippen LogP contribution in [0.25, 0.3) is 0 Å². The Morgan fingerprint density at radius 2 is 1.64 bits per heavy atom. The topological polar surface area (TPSA) is 57.7 Å². The lowest BCUT2D eigenvalue weighted by Gasteiger charge is -2.33. The van der Waals surface area contributed by atoms with Crippen LogP contribution in [0.1, 0.15) is 41.3 Å². The van der Waals surface area contributed by atoms with Crippen LogP contribution in [-0.4, -0.2) is 32.3 Å². The van der Waals surface area contributed by atoms with Gasteiger partial charge in [-0.25, -0.2) is 8.42 Å². The summed E-state index contributed by atoms with van der Waals surface area (Å²) in [4.78, 5) is 15.6. The quantitative estimate of drug-likeness (QED) is 0.502. The highest BCUT2D eigenvalue weighted by molar-refractivity contribution is 7.92. The maximum absolute atomic E-state index is 13.9. The molecule has 172 valence electrons. The van der Waals surface area contributed by atoms with Crippen molar-refractivity contribution in [3.8, 4) is 0 Å². The third-order valence-electron chi connectivity index (χ3n) is 6.13. The maximum atomic E-state index is 13.9. The molecule has 33 heavy (non-hydrogen) atoms. The van der Waals surface area contributed by atoms with Crippen molar-refractivity contribution in [2.75, 3.05) is 17.4 Å². The number of sulfonamides is 1.